The molecule has 1 aliphatic rings. The Hall–Kier alpha value is -5.16. The summed E-state index contributed by atoms with van der Waals surface area (Å²) in [7, 11) is 0. The highest BCUT2D eigenvalue weighted by molar-refractivity contribution is 5.96. The number of carbonyl (C=O) groups excluding carboxylic acids is 3. The predicted octanol–water partition coefficient (Wildman–Crippen LogP) is 2.94. The Balaban J connectivity index is 1.59. The zero-order valence-corrected chi connectivity index (χ0v) is 21.8. The standard InChI is InChI=1S/C30H25N3O8/c1-30(41-27(37)21-15-9-4-10-16-21)25(40-26(36)20-13-7-3-8-14-20)23(17-22(34)19-11-5-2-6-12-19)39-28(30)33-29(38)32-24(35)18-31-33/h2-16,18,23,25,28H,17H2,1H3,(H,32,35,38). The number of aromatic amines is 1. The number of carbonyl (C=O) groups is 3. The Bertz CT molecular complexity index is 1670. The second-order valence-corrected chi connectivity index (χ2v) is 9.54. The molecule has 0 spiro atoms. The molecule has 11 heteroatoms. The summed E-state index contributed by atoms with van der Waals surface area (Å²) in [5.41, 5.74) is -2.81. The highest BCUT2D eigenvalue weighted by Gasteiger charge is 2.61. The minimum Gasteiger partial charge on any atom is -0.452 e. The molecule has 0 radical (unpaired) electrons. The van der Waals surface area contributed by atoms with Gasteiger partial charge in [-0.15, -0.1) is 0 Å². The molecule has 11 nitrogen and oxygen atoms in total. The summed E-state index contributed by atoms with van der Waals surface area (Å²) < 4.78 is 18.8. The number of ether oxygens (including phenoxy) is 3. The van der Waals surface area contributed by atoms with Crippen LogP contribution in [0.3, 0.4) is 0 Å². The summed E-state index contributed by atoms with van der Waals surface area (Å²) >= 11 is 0. The van der Waals surface area contributed by atoms with E-state index in [2.05, 4.69) is 10.1 Å². The van der Waals surface area contributed by atoms with Gasteiger partial charge in [-0.2, -0.15) is 9.78 Å². The Morgan fingerprint density at radius 3 is 1.95 bits per heavy atom. The Kier molecular flexibility index (Phi) is 7.70. The summed E-state index contributed by atoms with van der Waals surface area (Å²) in [6, 6.07) is 24.6. The molecule has 4 atom stereocenters. The Morgan fingerprint density at radius 2 is 1.39 bits per heavy atom. The summed E-state index contributed by atoms with van der Waals surface area (Å²) in [5, 5.41) is 3.90. The molecule has 1 saturated heterocycles. The first-order valence-electron chi connectivity index (χ1n) is 12.7. The molecule has 208 valence electrons. The van der Waals surface area contributed by atoms with E-state index in [1.54, 1.807) is 78.9 Å². The van der Waals surface area contributed by atoms with Crippen molar-refractivity contribution in [2.45, 2.75) is 37.4 Å². The first-order valence-corrected chi connectivity index (χ1v) is 12.7. The fourth-order valence-corrected chi connectivity index (χ4v) is 4.68. The summed E-state index contributed by atoms with van der Waals surface area (Å²) in [4.78, 5) is 66.5. The highest BCUT2D eigenvalue weighted by Crippen LogP contribution is 2.44. The number of aromatic nitrogens is 3. The first kappa shape index (κ1) is 27.4. The van der Waals surface area contributed by atoms with Gasteiger partial charge in [-0.1, -0.05) is 66.7 Å². The summed E-state index contributed by atoms with van der Waals surface area (Å²) in [5.74, 6) is -1.90. The van der Waals surface area contributed by atoms with Gasteiger partial charge in [0.15, 0.2) is 23.7 Å². The number of Topliss-reactive ketones (excluding diaryl/α,β-unsaturated/α-hetero) is 1. The maximum absolute atomic E-state index is 13.3. The SMILES string of the molecule is CC1(OC(=O)c2ccccc2)C(OC(=O)c2ccccc2)C(CC(=O)c2ccccc2)OC1n1ncc(=O)[nH]c1=O. The normalized spacial score (nSPS) is 21.6. The van der Waals surface area contributed by atoms with Crippen LogP contribution in [0.4, 0.5) is 0 Å². The lowest BCUT2D eigenvalue weighted by Gasteiger charge is -2.34. The van der Waals surface area contributed by atoms with E-state index in [0.29, 0.717) is 5.56 Å². The predicted molar refractivity (Wildman–Crippen MR) is 144 cm³/mol. The molecular weight excluding hydrogens is 530 g/mol. The Morgan fingerprint density at radius 1 is 0.854 bits per heavy atom. The lowest BCUT2D eigenvalue weighted by molar-refractivity contribution is -0.115. The molecule has 0 bridgehead atoms. The summed E-state index contributed by atoms with van der Waals surface area (Å²) in [6.07, 6.45) is -3.46. The monoisotopic (exact) mass is 555 g/mol. The number of esters is 2. The van der Waals surface area contributed by atoms with Crippen molar-refractivity contribution in [1.29, 1.82) is 0 Å². The van der Waals surface area contributed by atoms with Gasteiger partial charge in [0.05, 0.1) is 11.1 Å². The lowest BCUT2D eigenvalue weighted by Crippen LogP contribution is -2.52. The van der Waals surface area contributed by atoms with E-state index >= 15 is 0 Å². The number of ketones is 1. The van der Waals surface area contributed by atoms with Crippen LogP contribution in [-0.4, -0.2) is 50.3 Å². The third-order valence-corrected chi connectivity index (χ3v) is 6.70. The highest BCUT2D eigenvalue weighted by atomic mass is 16.7. The van der Waals surface area contributed by atoms with Gasteiger partial charge in [0.1, 0.15) is 12.3 Å². The van der Waals surface area contributed by atoms with Gasteiger partial charge >= 0.3 is 17.6 Å². The van der Waals surface area contributed by atoms with Gasteiger partial charge < -0.3 is 14.2 Å². The fourth-order valence-electron chi connectivity index (χ4n) is 4.68. The van der Waals surface area contributed by atoms with Crippen LogP contribution in [-0.2, 0) is 14.2 Å². The third-order valence-electron chi connectivity index (χ3n) is 6.70. The smallest absolute Gasteiger partial charge is 0.347 e. The molecule has 0 amide bonds. The van der Waals surface area contributed by atoms with Crippen LogP contribution in [0.15, 0.2) is 107 Å². The van der Waals surface area contributed by atoms with Crippen LogP contribution >= 0.6 is 0 Å². The Labute approximate surface area is 233 Å². The van der Waals surface area contributed by atoms with Gasteiger partial charge in [-0.25, -0.2) is 14.4 Å². The number of hydrogen-bond acceptors (Lipinski definition) is 9. The quantitative estimate of drug-likeness (QED) is 0.256. The van der Waals surface area contributed by atoms with Crippen molar-refractivity contribution in [3.8, 4) is 0 Å². The minimum atomic E-state index is -1.88. The molecule has 0 saturated carbocycles. The molecule has 0 aliphatic carbocycles. The van der Waals surface area contributed by atoms with Crippen molar-refractivity contribution >= 4 is 17.7 Å². The number of nitrogens with zero attached hydrogens (tertiary/aromatic N) is 2. The molecule has 4 aromatic rings. The third kappa shape index (κ3) is 5.75. The zero-order chi connectivity index (χ0) is 29.0. The molecule has 41 heavy (non-hydrogen) atoms. The maximum atomic E-state index is 13.3. The first-order chi connectivity index (χ1) is 19.8. The van der Waals surface area contributed by atoms with Crippen LogP contribution in [0.5, 0.6) is 0 Å². The van der Waals surface area contributed by atoms with Crippen LogP contribution in [0.2, 0.25) is 0 Å². The number of benzene rings is 3. The van der Waals surface area contributed by atoms with Gasteiger partial charge in [0, 0.05) is 12.0 Å². The molecule has 5 rings (SSSR count). The molecule has 1 N–H and O–H groups in total. The average molecular weight is 556 g/mol. The lowest BCUT2D eigenvalue weighted by atomic mass is 9.92. The van der Waals surface area contributed by atoms with E-state index in [0.717, 1.165) is 10.9 Å². The average Bonchev–Trinajstić information content (AvgIpc) is 3.24. The van der Waals surface area contributed by atoms with Crippen molar-refractivity contribution < 1.29 is 28.6 Å². The van der Waals surface area contributed by atoms with Gasteiger partial charge in [-0.05, 0) is 31.2 Å². The molecule has 2 heterocycles. The van der Waals surface area contributed by atoms with E-state index in [-0.39, 0.29) is 23.3 Å². The molecule has 1 fully saturated rings. The molecular formula is C30H25N3O8. The van der Waals surface area contributed by atoms with Gasteiger partial charge in [-0.3, -0.25) is 14.6 Å². The zero-order valence-electron chi connectivity index (χ0n) is 21.8. The van der Waals surface area contributed by atoms with E-state index in [1.165, 1.54) is 19.1 Å². The van der Waals surface area contributed by atoms with E-state index in [9.17, 15) is 24.0 Å². The van der Waals surface area contributed by atoms with Gasteiger partial charge in [0.25, 0.3) is 5.56 Å². The van der Waals surface area contributed by atoms with Crippen molar-refractivity contribution in [2.24, 2.45) is 0 Å². The van der Waals surface area contributed by atoms with Crippen LogP contribution in [0, 0.1) is 0 Å². The van der Waals surface area contributed by atoms with E-state index in [1.807, 2.05) is 0 Å². The molecule has 1 aliphatic heterocycles. The van der Waals surface area contributed by atoms with Crippen molar-refractivity contribution in [3.63, 3.8) is 0 Å². The van der Waals surface area contributed by atoms with Crippen LogP contribution < -0.4 is 11.2 Å². The molecule has 3 aromatic carbocycles. The largest absolute Gasteiger partial charge is 0.452 e. The van der Waals surface area contributed by atoms with Gasteiger partial charge in [0.2, 0.25) is 0 Å². The number of hydrogen-bond donors (Lipinski definition) is 1. The number of nitrogens with one attached hydrogen (secondary N) is 1. The summed E-state index contributed by atoms with van der Waals surface area (Å²) in [6.45, 7) is 1.42. The van der Waals surface area contributed by atoms with E-state index in [4.69, 9.17) is 14.2 Å². The van der Waals surface area contributed by atoms with E-state index < -0.39 is 47.2 Å². The number of H-pyrrole nitrogens is 1. The van der Waals surface area contributed by atoms with Crippen LogP contribution in [0.25, 0.3) is 0 Å². The topological polar surface area (TPSA) is 147 Å². The van der Waals surface area contributed by atoms with Crippen molar-refractivity contribution in [3.05, 3.63) is 135 Å². The van der Waals surface area contributed by atoms with Crippen molar-refractivity contribution in [2.75, 3.05) is 0 Å². The minimum absolute atomic E-state index is 0.186. The molecule has 1 aromatic heterocycles. The van der Waals surface area contributed by atoms with Crippen molar-refractivity contribution in [1.82, 2.24) is 14.8 Å². The fraction of sp³-hybridized carbons (Fsp3) is 0.200. The number of rotatable bonds is 8. The molecule has 4 unspecified atom stereocenters. The maximum Gasteiger partial charge on any atom is 0.347 e. The second-order valence-electron chi connectivity index (χ2n) is 9.54. The second kappa shape index (κ2) is 11.5. The van der Waals surface area contributed by atoms with Crippen LogP contribution in [0.1, 0.15) is 50.6 Å².